The van der Waals surface area contributed by atoms with Gasteiger partial charge in [-0.15, -0.1) is 10.2 Å². The molecule has 0 saturated carbocycles. The Morgan fingerprint density at radius 2 is 2.03 bits per heavy atom. The fraction of sp³-hybridized carbons (Fsp3) is 0.318. The fourth-order valence-corrected chi connectivity index (χ4v) is 4.75. The van der Waals surface area contributed by atoms with Crippen LogP contribution < -0.4 is 15.5 Å². The van der Waals surface area contributed by atoms with Crippen LogP contribution in [0.15, 0.2) is 47.6 Å². The van der Waals surface area contributed by atoms with E-state index in [9.17, 15) is 4.79 Å². The molecule has 9 heteroatoms. The quantitative estimate of drug-likeness (QED) is 0.563. The number of thioether (sulfide) groups is 1. The van der Waals surface area contributed by atoms with E-state index < -0.39 is 5.25 Å². The number of fused-ring (bicyclic) bond motifs is 1. The second-order valence-electron chi connectivity index (χ2n) is 7.35. The number of rotatable bonds is 6. The van der Waals surface area contributed by atoms with Crippen molar-refractivity contribution in [2.75, 3.05) is 17.9 Å². The SMILES string of the molecule is CCCc1nnc2n1N[C@@H](c1ccc(OC)cc1)[C@@H](C(=O)Nc1cc(Cl)ccc1C)S2. The molecule has 2 atom stereocenters. The van der Waals surface area contributed by atoms with E-state index in [2.05, 4.69) is 27.9 Å². The van der Waals surface area contributed by atoms with Gasteiger partial charge in [0.25, 0.3) is 0 Å². The topological polar surface area (TPSA) is 81.1 Å². The van der Waals surface area contributed by atoms with Crippen LogP contribution in [0.4, 0.5) is 5.69 Å². The molecule has 0 radical (unpaired) electrons. The Bertz CT molecular complexity index is 1090. The van der Waals surface area contributed by atoms with Crippen molar-refractivity contribution < 1.29 is 9.53 Å². The normalized spacial score (nSPS) is 17.5. The molecule has 7 nitrogen and oxygen atoms in total. The molecule has 0 unspecified atom stereocenters. The molecular formula is C22H24ClN5O2S. The van der Waals surface area contributed by atoms with Crippen molar-refractivity contribution >= 4 is 35.0 Å². The van der Waals surface area contributed by atoms with Crippen molar-refractivity contribution in [2.45, 2.75) is 43.1 Å². The molecule has 2 aromatic carbocycles. The molecule has 0 spiro atoms. The van der Waals surface area contributed by atoms with Gasteiger partial charge in [-0.05, 0) is 48.7 Å². The molecular weight excluding hydrogens is 434 g/mol. The van der Waals surface area contributed by atoms with E-state index in [4.69, 9.17) is 16.3 Å². The summed E-state index contributed by atoms with van der Waals surface area (Å²) in [5.74, 6) is 1.49. The number of amides is 1. The standard InChI is InChI=1S/C22H24ClN5O2S/c1-4-5-18-25-26-22-28(18)27-19(14-7-10-16(30-3)11-8-14)20(31-22)21(29)24-17-12-15(23)9-6-13(17)2/h6-12,19-20,27H,4-5H2,1-3H3,(H,24,29)/t19-,20-/m0/s1. The van der Waals surface area contributed by atoms with E-state index in [1.165, 1.54) is 11.8 Å². The largest absolute Gasteiger partial charge is 0.497 e. The minimum absolute atomic E-state index is 0.130. The minimum Gasteiger partial charge on any atom is -0.497 e. The Kier molecular flexibility index (Phi) is 6.38. The van der Waals surface area contributed by atoms with Crippen LogP contribution >= 0.6 is 23.4 Å². The number of carbonyl (C=O) groups excluding carboxylic acids is 1. The Labute approximate surface area is 190 Å². The van der Waals surface area contributed by atoms with Crippen LogP contribution in [0.2, 0.25) is 5.02 Å². The summed E-state index contributed by atoms with van der Waals surface area (Å²) in [7, 11) is 1.63. The number of ether oxygens (including phenoxy) is 1. The summed E-state index contributed by atoms with van der Waals surface area (Å²) in [6.45, 7) is 4.04. The third kappa shape index (κ3) is 4.50. The monoisotopic (exact) mass is 457 g/mol. The average Bonchev–Trinajstić information content (AvgIpc) is 3.17. The minimum atomic E-state index is -0.460. The Morgan fingerprint density at radius 3 is 2.74 bits per heavy atom. The molecule has 31 heavy (non-hydrogen) atoms. The third-order valence-electron chi connectivity index (χ3n) is 5.17. The molecule has 1 aliphatic rings. The van der Waals surface area contributed by atoms with Crippen molar-refractivity contribution in [3.63, 3.8) is 0 Å². The smallest absolute Gasteiger partial charge is 0.240 e. The molecule has 1 aliphatic heterocycles. The summed E-state index contributed by atoms with van der Waals surface area (Å²) in [6.07, 6.45) is 1.75. The molecule has 1 aromatic heterocycles. The number of benzene rings is 2. The maximum absolute atomic E-state index is 13.4. The maximum Gasteiger partial charge on any atom is 0.240 e. The van der Waals surface area contributed by atoms with Crippen molar-refractivity contribution in [3.8, 4) is 5.75 Å². The van der Waals surface area contributed by atoms with Gasteiger partial charge in [0.05, 0.1) is 13.2 Å². The highest BCUT2D eigenvalue weighted by Crippen LogP contribution is 2.38. The van der Waals surface area contributed by atoms with E-state index in [0.29, 0.717) is 15.9 Å². The molecule has 2 N–H and O–H groups in total. The van der Waals surface area contributed by atoms with Gasteiger partial charge in [-0.25, -0.2) is 4.68 Å². The number of anilines is 1. The lowest BCUT2D eigenvalue weighted by molar-refractivity contribution is -0.116. The van der Waals surface area contributed by atoms with E-state index in [0.717, 1.165) is 35.5 Å². The number of aromatic nitrogens is 3. The lowest BCUT2D eigenvalue weighted by Gasteiger charge is -2.33. The fourth-order valence-electron chi connectivity index (χ4n) is 3.48. The number of methoxy groups -OCH3 is 1. The zero-order valence-electron chi connectivity index (χ0n) is 17.6. The summed E-state index contributed by atoms with van der Waals surface area (Å²) in [5, 5.41) is 12.4. The lowest BCUT2D eigenvalue weighted by atomic mass is 10.0. The highest BCUT2D eigenvalue weighted by Gasteiger charge is 2.38. The first kappa shape index (κ1) is 21.5. The number of aryl methyl sites for hydroxylation is 2. The predicted molar refractivity (Wildman–Crippen MR) is 124 cm³/mol. The van der Waals surface area contributed by atoms with Crippen LogP contribution in [0.25, 0.3) is 0 Å². The zero-order chi connectivity index (χ0) is 22.0. The van der Waals surface area contributed by atoms with E-state index in [1.54, 1.807) is 19.2 Å². The highest BCUT2D eigenvalue weighted by molar-refractivity contribution is 8.00. The van der Waals surface area contributed by atoms with Crippen LogP contribution in [0.1, 0.15) is 36.3 Å². The van der Waals surface area contributed by atoms with Crippen molar-refractivity contribution in [1.82, 2.24) is 14.9 Å². The number of carbonyl (C=O) groups is 1. The van der Waals surface area contributed by atoms with Crippen LogP contribution in [-0.4, -0.2) is 33.1 Å². The van der Waals surface area contributed by atoms with E-state index >= 15 is 0 Å². The summed E-state index contributed by atoms with van der Waals surface area (Å²) in [4.78, 5) is 13.4. The molecule has 0 fully saturated rings. The van der Waals surface area contributed by atoms with Crippen molar-refractivity contribution in [2.24, 2.45) is 0 Å². The first-order valence-electron chi connectivity index (χ1n) is 10.1. The van der Waals surface area contributed by atoms with E-state index in [-0.39, 0.29) is 11.9 Å². The second kappa shape index (κ2) is 9.20. The van der Waals surface area contributed by atoms with Crippen LogP contribution in [0.5, 0.6) is 5.75 Å². The molecule has 3 aromatic rings. The van der Waals surface area contributed by atoms with Gasteiger partial charge in [0.15, 0.2) is 5.82 Å². The van der Waals surface area contributed by atoms with Gasteiger partial charge in [0.1, 0.15) is 11.0 Å². The second-order valence-corrected chi connectivity index (χ2v) is 8.90. The average molecular weight is 458 g/mol. The lowest BCUT2D eigenvalue weighted by Crippen LogP contribution is -2.41. The van der Waals surface area contributed by atoms with Gasteiger partial charge < -0.3 is 15.5 Å². The first-order valence-corrected chi connectivity index (χ1v) is 11.3. The summed E-state index contributed by atoms with van der Waals surface area (Å²) in [5.41, 5.74) is 6.09. The maximum atomic E-state index is 13.4. The molecule has 0 bridgehead atoms. The summed E-state index contributed by atoms with van der Waals surface area (Å²) < 4.78 is 7.19. The van der Waals surface area contributed by atoms with Gasteiger partial charge in [0, 0.05) is 17.1 Å². The Hall–Kier alpha value is -2.71. The summed E-state index contributed by atoms with van der Waals surface area (Å²) >= 11 is 7.54. The molecule has 2 heterocycles. The summed E-state index contributed by atoms with van der Waals surface area (Å²) in [6, 6.07) is 12.9. The number of halogens is 1. The Morgan fingerprint density at radius 1 is 1.26 bits per heavy atom. The number of nitrogens with zero attached hydrogens (tertiary/aromatic N) is 3. The molecule has 0 saturated heterocycles. The van der Waals surface area contributed by atoms with Gasteiger partial charge in [-0.3, -0.25) is 4.79 Å². The highest BCUT2D eigenvalue weighted by atomic mass is 35.5. The van der Waals surface area contributed by atoms with Crippen molar-refractivity contribution in [3.05, 3.63) is 64.4 Å². The van der Waals surface area contributed by atoms with Gasteiger partial charge >= 0.3 is 0 Å². The molecule has 162 valence electrons. The van der Waals surface area contributed by atoms with Gasteiger partial charge in [-0.1, -0.05) is 48.5 Å². The molecule has 4 rings (SSSR count). The molecule has 1 amide bonds. The number of nitrogens with one attached hydrogen (secondary N) is 2. The zero-order valence-corrected chi connectivity index (χ0v) is 19.1. The Balaban J connectivity index is 1.67. The van der Waals surface area contributed by atoms with Crippen LogP contribution in [0.3, 0.4) is 0 Å². The molecule has 0 aliphatic carbocycles. The van der Waals surface area contributed by atoms with E-state index in [1.807, 2.05) is 41.9 Å². The predicted octanol–water partition coefficient (Wildman–Crippen LogP) is 4.60. The number of hydrogen-bond acceptors (Lipinski definition) is 6. The van der Waals surface area contributed by atoms with Crippen molar-refractivity contribution in [1.29, 1.82) is 0 Å². The van der Waals surface area contributed by atoms with Crippen LogP contribution in [0, 0.1) is 6.92 Å². The van der Waals surface area contributed by atoms with Gasteiger partial charge in [0.2, 0.25) is 11.1 Å². The van der Waals surface area contributed by atoms with Gasteiger partial charge in [-0.2, -0.15) is 0 Å². The first-order chi connectivity index (χ1) is 15.0. The van der Waals surface area contributed by atoms with Crippen LogP contribution in [-0.2, 0) is 11.2 Å². The number of hydrogen-bond donors (Lipinski definition) is 2. The third-order valence-corrected chi connectivity index (χ3v) is 6.62.